The zero-order chi connectivity index (χ0) is 13.7. The van der Waals surface area contributed by atoms with Gasteiger partial charge in [0.05, 0.1) is 0 Å². The van der Waals surface area contributed by atoms with Crippen molar-refractivity contribution in [1.29, 1.82) is 0 Å². The van der Waals surface area contributed by atoms with E-state index < -0.39 is 0 Å². The summed E-state index contributed by atoms with van der Waals surface area (Å²) in [5.41, 5.74) is 7.87. The molecule has 2 rings (SSSR count). The van der Waals surface area contributed by atoms with E-state index in [0.717, 1.165) is 23.5 Å². The van der Waals surface area contributed by atoms with Crippen molar-refractivity contribution in [2.75, 3.05) is 6.54 Å². The number of benzene rings is 2. The first-order chi connectivity index (χ1) is 9.24. The molecular weight excluding hydrogens is 258 g/mol. The molecule has 0 unspecified atom stereocenters. The van der Waals surface area contributed by atoms with Crippen LogP contribution in [-0.2, 0) is 12.8 Å². The lowest BCUT2D eigenvalue weighted by molar-refractivity contribution is 0.476. The maximum atomic E-state index is 6.19. The standard InChI is InChI=1S/C16H18ClNO/c1-2-12-6-8-13(9-7-12)19-16-5-3-4-15(17)14(16)10-11-18/h3-9H,2,10-11,18H2,1H3. The van der Waals surface area contributed by atoms with Crippen LogP contribution in [0, 0.1) is 0 Å². The minimum absolute atomic E-state index is 0.550. The van der Waals surface area contributed by atoms with E-state index in [9.17, 15) is 0 Å². The van der Waals surface area contributed by atoms with Gasteiger partial charge in [-0.2, -0.15) is 0 Å². The smallest absolute Gasteiger partial charge is 0.132 e. The Balaban J connectivity index is 2.24. The molecule has 0 bridgehead atoms. The molecule has 0 heterocycles. The number of nitrogens with two attached hydrogens (primary N) is 1. The highest BCUT2D eigenvalue weighted by Crippen LogP contribution is 2.30. The fourth-order valence-electron chi connectivity index (χ4n) is 1.94. The Hall–Kier alpha value is -1.51. The summed E-state index contributed by atoms with van der Waals surface area (Å²) in [5.74, 6) is 1.60. The monoisotopic (exact) mass is 275 g/mol. The van der Waals surface area contributed by atoms with Gasteiger partial charge < -0.3 is 10.5 Å². The van der Waals surface area contributed by atoms with E-state index in [1.165, 1.54) is 5.56 Å². The molecule has 2 aromatic rings. The molecule has 0 saturated heterocycles. The Morgan fingerprint density at radius 3 is 2.47 bits per heavy atom. The number of hydrogen-bond acceptors (Lipinski definition) is 2. The maximum Gasteiger partial charge on any atom is 0.132 e. The third-order valence-corrected chi connectivity index (χ3v) is 3.38. The lowest BCUT2D eigenvalue weighted by Crippen LogP contribution is -2.04. The summed E-state index contributed by atoms with van der Waals surface area (Å²) in [6, 6.07) is 13.8. The highest BCUT2D eigenvalue weighted by atomic mass is 35.5. The number of halogens is 1. The average molecular weight is 276 g/mol. The lowest BCUT2D eigenvalue weighted by Gasteiger charge is -2.12. The molecule has 2 nitrogen and oxygen atoms in total. The third kappa shape index (κ3) is 3.49. The molecule has 0 aliphatic carbocycles. The third-order valence-electron chi connectivity index (χ3n) is 3.03. The predicted molar refractivity (Wildman–Crippen MR) is 80.1 cm³/mol. The number of hydrogen-bond donors (Lipinski definition) is 1. The highest BCUT2D eigenvalue weighted by Gasteiger charge is 2.08. The molecule has 0 atom stereocenters. The minimum atomic E-state index is 0.550. The van der Waals surface area contributed by atoms with Crippen molar-refractivity contribution in [3.63, 3.8) is 0 Å². The summed E-state index contributed by atoms with van der Waals surface area (Å²) in [6.45, 7) is 2.68. The summed E-state index contributed by atoms with van der Waals surface area (Å²) in [6.07, 6.45) is 1.73. The molecule has 0 radical (unpaired) electrons. The molecule has 0 spiro atoms. The van der Waals surface area contributed by atoms with E-state index in [2.05, 4.69) is 19.1 Å². The van der Waals surface area contributed by atoms with Gasteiger partial charge >= 0.3 is 0 Å². The van der Waals surface area contributed by atoms with Gasteiger partial charge in [0, 0.05) is 10.6 Å². The van der Waals surface area contributed by atoms with Crippen molar-refractivity contribution in [3.8, 4) is 11.5 Å². The van der Waals surface area contributed by atoms with Crippen LogP contribution < -0.4 is 10.5 Å². The Kier molecular flexibility index (Phi) is 4.83. The van der Waals surface area contributed by atoms with Crippen molar-refractivity contribution < 1.29 is 4.74 Å². The number of rotatable bonds is 5. The van der Waals surface area contributed by atoms with E-state index in [-0.39, 0.29) is 0 Å². The molecule has 2 aromatic carbocycles. The van der Waals surface area contributed by atoms with Crippen molar-refractivity contribution in [2.24, 2.45) is 5.73 Å². The molecule has 19 heavy (non-hydrogen) atoms. The zero-order valence-electron chi connectivity index (χ0n) is 11.0. The van der Waals surface area contributed by atoms with E-state index in [1.54, 1.807) is 0 Å². The second kappa shape index (κ2) is 6.60. The Morgan fingerprint density at radius 2 is 1.84 bits per heavy atom. The molecule has 0 aliphatic rings. The first-order valence-corrected chi connectivity index (χ1v) is 6.86. The van der Waals surface area contributed by atoms with Gasteiger partial charge in [0.15, 0.2) is 0 Å². The van der Waals surface area contributed by atoms with Gasteiger partial charge in [-0.05, 0) is 49.2 Å². The molecule has 0 aliphatic heterocycles. The van der Waals surface area contributed by atoms with Crippen LogP contribution in [0.15, 0.2) is 42.5 Å². The van der Waals surface area contributed by atoms with E-state index in [0.29, 0.717) is 18.0 Å². The summed E-state index contributed by atoms with van der Waals surface area (Å²) >= 11 is 6.19. The van der Waals surface area contributed by atoms with Gasteiger partial charge in [0.1, 0.15) is 11.5 Å². The van der Waals surface area contributed by atoms with Crippen molar-refractivity contribution in [1.82, 2.24) is 0 Å². The van der Waals surface area contributed by atoms with E-state index >= 15 is 0 Å². The van der Waals surface area contributed by atoms with Gasteiger partial charge in [-0.15, -0.1) is 0 Å². The summed E-state index contributed by atoms with van der Waals surface area (Å²) in [4.78, 5) is 0. The van der Waals surface area contributed by atoms with Crippen molar-refractivity contribution in [3.05, 3.63) is 58.6 Å². The summed E-state index contributed by atoms with van der Waals surface area (Å²) in [5, 5.41) is 0.702. The molecule has 2 N–H and O–H groups in total. The minimum Gasteiger partial charge on any atom is -0.457 e. The molecule has 0 amide bonds. The first-order valence-electron chi connectivity index (χ1n) is 6.49. The van der Waals surface area contributed by atoms with E-state index in [4.69, 9.17) is 22.1 Å². The van der Waals surface area contributed by atoms with Gasteiger partial charge in [-0.25, -0.2) is 0 Å². The number of ether oxygens (including phenoxy) is 1. The zero-order valence-corrected chi connectivity index (χ0v) is 11.8. The van der Waals surface area contributed by atoms with Crippen LogP contribution in [0.5, 0.6) is 11.5 Å². The normalized spacial score (nSPS) is 10.5. The van der Waals surface area contributed by atoms with E-state index in [1.807, 2.05) is 30.3 Å². The molecular formula is C16H18ClNO. The maximum absolute atomic E-state index is 6.19. The molecule has 0 saturated carbocycles. The average Bonchev–Trinajstić information content (AvgIpc) is 2.43. The largest absolute Gasteiger partial charge is 0.457 e. The van der Waals surface area contributed by atoms with Crippen LogP contribution in [-0.4, -0.2) is 6.54 Å². The van der Waals surface area contributed by atoms with Crippen molar-refractivity contribution in [2.45, 2.75) is 19.8 Å². The Morgan fingerprint density at radius 1 is 1.11 bits per heavy atom. The van der Waals surface area contributed by atoms with Gasteiger partial charge in [0.2, 0.25) is 0 Å². The lowest BCUT2D eigenvalue weighted by atomic mass is 10.1. The Bertz CT molecular complexity index is 537. The SMILES string of the molecule is CCc1ccc(Oc2cccc(Cl)c2CCN)cc1. The topological polar surface area (TPSA) is 35.2 Å². The second-order valence-corrected chi connectivity index (χ2v) is 4.76. The first kappa shape index (κ1) is 13.9. The van der Waals surface area contributed by atoms with Crippen LogP contribution >= 0.6 is 11.6 Å². The molecule has 3 heteroatoms. The van der Waals surface area contributed by atoms with Crippen LogP contribution in [0.25, 0.3) is 0 Å². The van der Waals surface area contributed by atoms with Gasteiger partial charge in [0.25, 0.3) is 0 Å². The van der Waals surface area contributed by atoms with Crippen LogP contribution in [0.3, 0.4) is 0 Å². The van der Waals surface area contributed by atoms with Crippen molar-refractivity contribution >= 4 is 11.6 Å². The van der Waals surface area contributed by atoms with Crippen LogP contribution in [0.4, 0.5) is 0 Å². The van der Waals surface area contributed by atoms with Crippen LogP contribution in [0.1, 0.15) is 18.1 Å². The van der Waals surface area contributed by atoms with Gasteiger partial charge in [-0.3, -0.25) is 0 Å². The quantitative estimate of drug-likeness (QED) is 0.888. The van der Waals surface area contributed by atoms with Gasteiger partial charge in [-0.1, -0.05) is 36.7 Å². The predicted octanol–water partition coefficient (Wildman–Crippen LogP) is 4.20. The number of aryl methyl sites for hydroxylation is 1. The fourth-order valence-corrected chi connectivity index (χ4v) is 2.20. The summed E-state index contributed by atoms with van der Waals surface area (Å²) in [7, 11) is 0. The Labute approximate surface area is 119 Å². The second-order valence-electron chi connectivity index (χ2n) is 4.35. The molecule has 100 valence electrons. The summed E-state index contributed by atoms with van der Waals surface area (Å²) < 4.78 is 5.90. The molecule has 0 fully saturated rings. The fraction of sp³-hybridized carbons (Fsp3) is 0.250. The van der Waals surface area contributed by atoms with Crippen LogP contribution in [0.2, 0.25) is 5.02 Å². The highest BCUT2D eigenvalue weighted by molar-refractivity contribution is 6.31. The molecule has 0 aromatic heterocycles.